The number of carbonyl (C=O) groups excluding carboxylic acids is 1. The molecule has 1 saturated heterocycles. The van der Waals surface area contributed by atoms with E-state index >= 15 is 0 Å². The second-order valence-electron chi connectivity index (χ2n) is 10.1. The maximum Gasteiger partial charge on any atom is 0.316 e. The molecule has 0 radical (unpaired) electrons. The average Bonchev–Trinajstić information content (AvgIpc) is 3.22. The predicted molar refractivity (Wildman–Crippen MR) is 131 cm³/mol. The van der Waals surface area contributed by atoms with Crippen LogP contribution in [0.2, 0.25) is 0 Å². The molecule has 0 bridgehead atoms. The van der Waals surface area contributed by atoms with Crippen molar-refractivity contribution in [1.29, 1.82) is 0 Å². The van der Waals surface area contributed by atoms with E-state index in [-0.39, 0.29) is 18.1 Å². The van der Waals surface area contributed by atoms with Crippen molar-refractivity contribution in [1.82, 2.24) is 19.4 Å². The summed E-state index contributed by atoms with van der Waals surface area (Å²) in [5, 5.41) is 1.16. The highest BCUT2D eigenvalue weighted by Gasteiger charge is 2.43. The van der Waals surface area contributed by atoms with Crippen LogP contribution in [0.4, 0.5) is 0 Å². The lowest BCUT2D eigenvalue weighted by atomic mass is 9.76. The lowest BCUT2D eigenvalue weighted by Gasteiger charge is -2.33. The number of piperazine rings is 1. The van der Waals surface area contributed by atoms with E-state index in [1.165, 1.54) is 5.56 Å². The van der Waals surface area contributed by atoms with Gasteiger partial charge in [-0.2, -0.15) is 0 Å². The molecule has 3 aliphatic rings. The largest absolute Gasteiger partial charge is 0.460 e. The molecule has 5 heterocycles. The number of hydrogen-bond donors (Lipinski definition) is 0. The van der Waals surface area contributed by atoms with Gasteiger partial charge in [0.25, 0.3) is 5.56 Å². The minimum absolute atomic E-state index is 0.0444. The van der Waals surface area contributed by atoms with Crippen LogP contribution in [0.3, 0.4) is 0 Å². The average molecular weight is 459 g/mol. The first-order valence-electron chi connectivity index (χ1n) is 12.2. The number of esters is 1. The molecule has 2 aromatic heterocycles. The van der Waals surface area contributed by atoms with Gasteiger partial charge in [-0.3, -0.25) is 14.5 Å². The second-order valence-corrected chi connectivity index (χ2v) is 10.1. The van der Waals surface area contributed by atoms with Crippen molar-refractivity contribution < 1.29 is 9.53 Å². The summed E-state index contributed by atoms with van der Waals surface area (Å²) in [6, 6.07) is 10.3. The number of benzene rings is 1. The van der Waals surface area contributed by atoms with Crippen LogP contribution in [0.1, 0.15) is 42.5 Å². The van der Waals surface area contributed by atoms with Crippen LogP contribution in [0.15, 0.2) is 35.1 Å². The first-order chi connectivity index (χ1) is 16.4. The van der Waals surface area contributed by atoms with Gasteiger partial charge in [0, 0.05) is 43.7 Å². The van der Waals surface area contributed by atoms with E-state index in [9.17, 15) is 9.59 Å². The third-order valence-corrected chi connectivity index (χ3v) is 8.15. The van der Waals surface area contributed by atoms with Gasteiger partial charge in [-0.1, -0.05) is 25.1 Å². The Kier molecular flexibility index (Phi) is 4.90. The summed E-state index contributed by atoms with van der Waals surface area (Å²) < 4.78 is 7.28. The maximum absolute atomic E-state index is 13.6. The summed E-state index contributed by atoms with van der Waals surface area (Å²) in [6.07, 6.45) is 0.578. The summed E-state index contributed by atoms with van der Waals surface area (Å²) in [4.78, 5) is 36.2. The molecule has 0 amide bonds. The number of rotatable bonds is 3. The van der Waals surface area contributed by atoms with E-state index < -0.39 is 5.41 Å². The van der Waals surface area contributed by atoms with E-state index in [0.717, 1.165) is 66.1 Å². The first kappa shape index (κ1) is 21.5. The molecule has 0 aliphatic carbocycles. The number of para-hydroxylation sites is 1. The van der Waals surface area contributed by atoms with Gasteiger partial charge in [0.2, 0.25) is 0 Å². The second kappa shape index (κ2) is 7.75. The van der Waals surface area contributed by atoms with Crippen LogP contribution in [-0.2, 0) is 34.6 Å². The molecule has 0 spiro atoms. The molecule has 6 rings (SSSR count). The molecule has 1 atom stereocenters. The number of nitrogens with zero attached hydrogens (tertiary/aromatic N) is 4. The van der Waals surface area contributed by atoms with Gasteiger partial charge in [-0.15, -0.1) is 0 Å². The topological polar surface area (TPSA) is 67.7 Å². The Morgan fingerprint density at radius 1 is 1.09 bits per heavy atom. The number of carbonyl (C=O) groups is 1. The van der Waals surface area contributed by atoms with Crippen LogP contribution >= 0.6 is 0 Å². The number of hydrogen-bond acceptors (Lipinski definition) is 6. The molecule has 0 saturated carbocycles. The van der Waals surface area contributed by atoms with Gasteiger partial charge in [0.1, 0.15) is 6.61 Å². The first-order valence-corrected chi connectivity index (χ1v) is 12.2. The van der Waals surface area contributed by atoms with Crippen molar-refractivity contribution in [3.63, 3.8) is 0 Å². The zero-order valence-corrected chi connectivity index (χ0v) is 20.1. The number of likely N-dealkylation sites (N-methyl/N-ethyl adjacent to an activating group) is 1. The molecule has 176 valence electrons. The lowest BCUT2D eigenvalue weighted by Crippen LogP contribution is -2.44. The Labute approximate surface area is 199 Å². The highest BCUT2D eigenvalue weighted by Crippen LogP contribution is 2.41. The van der Waals surface area contributed by atoms with Gasteiger partial charge in [0.15, 0.2) is 0 Å². The zero-order chi connectivity index (χ0) is 23.6. The smallest absolute Gasteiger partial charge is 0.316 e. The fraction of sp³-hybridized carbons (Fsp3) is 0.444. The zero-order valence-electron chi connectivity index (χ0n) is 20.1. The molecule has 1 aromatic carbocycles. The van der Waals surface area contributed by atoms with E-state index in [1.54, 1.807) is 0 Å². The SMILES string of the molecule is CCC1(C)C(=O)OCc2c1cc1n(c2=O)Cc2c-1nc1ccccc1c2CN1CCN(C)CC1. The van der Waals surface area contributed by atoms with Crippen molar-refractivity contribution in [2.45, 2.75) is 45.4 Å². The number of ether oxygens (including phenoxy) is 1. The van der Waals surface area contributed by atoms with Crippen LogP contribution < -0.4 is 5.56 Å². The van der Waals surface area contributed by atoms with Crippen LogP contribution in [0, 0.1) is 0 Å². The van der Waals surface area contributed by atoms with Gasteiger partial charge in [-0.05, 0) is 43.7 Å². The van der Waals surface area contributed by atoms with E-state index in [2.05, 4.69) is 35.0 Å². The maximum atomic E-state index is 13.6. The fourth-order valence-electron chi connectivity index (χ4n) is 5.69. The Bertz CT molecular complexity index is 1390. The predicted octanol–water partition coefficient (Wildman–Crippen LogP) is 2.90. The standard InChI is InChI=1S/C27H30N4O3/c1-4-27(2)21-13-23-24-19(15-31(23)25(32)20(21)16-34-26(27)33)18(14-30-11-9-29(3)10-12-30)17-7-5-6-8-22(17)28-24/h5-8,13H,4,9-12,14-16H2,1-3H3. The molecule has 3 aromatic rings. The highest BCUT2D eigenvalue weighted by atomic mass is 16.5. The summed E-state index contributed by atoms with van der Waals surface area (Å²) in [5.41, 5.74) is 5.55. The van der Waals surface area contributed by atoms with Crippen LogP contribution in [0.25, 0.3) is 22.3 Å². The Morgan fingerprint density at radius 2 is 1.85 bits per heavy atom. The molecule has 0 N–H and O–H groups in total. The highest BCUT2D eigenvalue weighted by molar-refractivity contribution is 5.89. The minimum Gasteiger partial charge on any atom is -0.460 e. The summed E-state index contributed by atoms with van der Waals surface area (Å²) in [5.74, 6) is -0.257. The molecule has 34 heavy (non-hydrogen) atoms. The Balaban J connectivity index is 1.54. The number of pyridine rings is 2. The molecule has 1 fully saturated rings. The summed E-state index contributed by atoms with van der Waals surface area (Å²) in [7, 11) is 2.17. The van der Waals surface area contributed by atoms with Crippen LogP contribution in [0.5, 0.6) is 0 Å². The molecule has 7 heteroatoms. The van der Waals surface area contributed by atoms with E-state index in [0.29, 0.717) is 18.5 Å². The summed E-state index contributed by atoms with van der Waals surface area (Å²) >= 11 is 0. The molecule has 3 aliphatic heterocycles. The Morgan fingerprint density at radius 3 is 2.62 bits per heavy atom. The number of fused-ring (bicyclic) bond motifs is 5. The molecule has 7 nitrogen and oxygen atoms in total. The normalized spacial score (nSPS) is 22.4. The van der Waals surface area contributed by atoms with Gasteiger partial charge < -0.3 is 14.2 Å². The van der Waals surface area contributed by atoms with Crippen molar-refractivity contribution in [3.05, 3.63) is 62.9 Å². The lowest BCUT2D eigenvalue weighted by molar-refractivity contribution is -0.153. The third kappa shape index (κ3) is 3.07. The fourth-order valence-corrected chi connectivity index (χ4v) is 5.69. The quantitative estimate of drug-likeness (QED) is 0.440. The Hall–Kier alpha value is -3.03. The van der Waals surface area contributed by atoms with Crippen LogP contribution in [-0.4, -0.2) is 58.5 Å². The van der Waals surface area contributed by atoms with Crippen molar-refractivity contribution in [2.75, 3.05) is 33.2 Å². The van der Waals surface area contributed by atoms with E-state index in [4.69, 9.17) is 9.72 Å². The van der Waals surface area contributed by atoms with Gasteiger partial charge in [-0.25, -0.2) is 4.98 Å². The van der Waals surface area contributed by atoms with Crippen molar-refractivity contribution in [2.24, 2.45) is 0 Å². The van der Waals surface area contributed by atoms with Crippen molar-refractivity contribution >= 4 is 16.9 Å². The van der Waals surface area contributed by atoms with Crippen molar-refractivity contribution in [3.8, 4) is 11.4 Å². The van der Waals surface area contributed by atoms with E-state index in [1.807, 2.05) is 30.5 Å². The number of cyclic esters (lactones) is 1. The van der Waals surface area contributed by atoms with Gasteiger partial charge in [0.05, 0.1) is 34.4 Å². The number of aromatic nitrogens is 2. The van der Waals surface area contributed by atoms with Gasteiger partial charge >= 0.3 is 5.97 Å². The minimum atomic E-state index is -0.815. The third-order valence-electron chi connectivity index (χ3n) is 8.15. The molecule has 1 unspecified atom stereocenters. The molecular weight excluding hydrogens is 428 g/mol. The summed E-state index contributed by atoms with van der Waals surface area (Å²) in [6.45, 7) is 9.41. The monoisotopic (exact) mass is 458 g/mol. The molecular formula is C27H30N4O3.